The van der Waals surface area contributed by atoms with Gasteiger partial charge in [0.2, 0.25) is 0 Å². The first kappa shape index (κ1) is 21.3. The van der Waals surface area contributed by atoms with Crippen LogP contribution >= 0.6 is 11.6 Å². The van der Waals surface area contributed by atoms with Crippen LogP contribution in [-0.4, -0.2) is 75.2 Å². The van der Waals surface area contributed by atoms with Crippen molar-refractivity contribution in [3.8, 4) is 0 Å². The van der Waals surface area contributed by atoms with Gasteiger partial charge in [0.25, 0.3) is 0 Å². The molecule has 32 heavy (non-hydrogen) atoms. The van der Waals surface area contributed by atoms with E-state index in [1.54, 1.807) is 23.1 Å². The molecule has 9 nitrogen and oxygen atoms in total. The summed E-state index contributed by atoms with van der Waals surface area (Å²) in [4.78, 5) is 11.2. The fourth-order valence-electron chi connectivity index (χ4n) is 4.53. The lowest BCUT2D eigenvalue weighted by atomic mass is 10.2. The molecule has 1 saturated heterocycles. The van der Waals surface area contributed by atoms with Gasteiger partial charge in [-0.05, 0) is 30.7 Å². The van der Waals surface area contributed by atoms with E-state index in [9.17, 15) is 13.5 Å². The summed E-state index contributed by atoms with van der Waals surface area (Å²) in [5.74, 6) is 0.770. The smallest absolute Gasteiger partial charge is 0.195 e. The van der Waals surface area contributed by atoms with Crippen molar-refractivity contribution in [3.63, 3.8) is 0 Å². The number of aliphatic hydroxyl groups is 1. The quantitative estimate of drug-likeness (QED) is 0.456. The molecular formula is C21H23ClN6O3S. The summed E-state index contributed by atoms with van der Waals surface area (Å²) in [5.41, 5.74) is 2.39. The third-order valence-electron chi connectivity index (χ3n) is 5.92. The summed E-state index contributed by atoms with van der Waals surface area (Å²) in [6.45, 7) is 2.75. The largest absolute Gasteiger partial charge is 0.395 e. The fourth-order valence-corrected chi connectivity index (χ4v) is 5.51. The Balaban J connectivity index is 1.63. The molecule has 1 N–H and O–H groups in total. The molecule has 0 amide bonds. The van der Waals surface area contributed by atoms with Gasteiger partial charge >= 0.3 is 0 Å². The van der Waals surface area contributed by atoms with Crippen molar-refractivity contribution in [2.75, 3.05) is 32.5 Å². The molecule has 3 aromatic heterocycles. The molecule has 0 unspecified atom stereocenters. The van der Waals surface area contributed by atoms with Crippen LogP contribution in [0.25, 0.3) is 21.9 Å². The summed E-state index contributed by atoms with van der Waals surface area (Å²) in [7, 11) is -3.51. The molecule has 11 heteroatoms. The lowest BCUT2D eigenvalue weighted by Gasteiger charge is -2.18. The third kappa shape index (κ3) is 3.77. The molecule has 4 aromatic rings. The molecular weight excluding hydrogens is 452 g/mol. The maximum atomic E-state index is 12.3. The molecule has 1 atom stereocenters. The molecule has 1 fully saturated rings. The third-order valence-corrected chi connectivity index (χ3v) is 7.16. The highest BCUT2D eigenvalue weighted by Gasteiger charge is 2.28. The van der Waals surface area contributed by atoms with E-state index in [2.05, 4.69) is 19.5 Å². The number of likely N-dealkylation sites (tertiary alicyclic amines) is 1. The molecule has 0 saturated carbocycles. The van der Waals surface area contributed by atoms with E-state index >= 15 is 0 Å². The maximum absolute atomic E-state index is 12.3. The molecule has 1 aromatic carbocycles. The number of aliphatic hydroxyl groups excluding tert-OH is 1. The van der Waals surface area contributed by atoms with Crippen molar-refractivity contribution >= 4 is 43.4 Å². The van der Waals surface area contributed by atoms with Gasteiger partial charge in [0, 0.05) is 48.5 Å². The molecule has 0 radical (unpaired) electrons. The van der Waals surface area contributed by atoms with Crippen LogP contribution in [0.4, 0.5) is 0 Å². The van der Waals surface area contributed by atoms with Crippen molar-refractivity contribution < 1.29 is 13.5 Å². The minimum absolute atomic E-state index is 0.0376. The minimum atomic E-state index is -3.51. The SMILES string of the molecule is CS(=O)(=O)c1nn(Cc2nc3cc(Cl)ccc3n2[C@@H]2CCN(CCO)C2)c2cnccc12. The number of rotatable bonds is 6. The first-order chi connectivity index (χ1) is 15.3. The zero-order valence-corrected chi connectivity index (χ0v) is 19.1. The average molecular weight is 475 g/mol. The van der Waals surface area contributed by atoms with Gasteiger partial charge in [0.1, 0.15) is 5.82 Å². The monoisotopic (exact) mass is 474 g/mol. The van der Waals surface area contributed by atoms with Gasteiger partial charge in [-0.25, -0.2) is 13.4 Å². The highest BCUT2D eigenvalue weighted by atomic mass is 35.5. The van der Waals surface area contributed by atoms with E-state index in [0.29, 0.717) is 29.0 Å². The Labute approximate surface area is 190 Å². The van der Waals surface area contributed by atoms with Crippen LogP contribution in [0, 0.1) is 0 Å². The standard InChI is InChI=1S/C21H23ClN6O3S/c1-32(30,31)21-16-4-6-23-11-19(16)27(25-21)13-20-24-17-10-14(22)2-3-18(17)28(20)15-5-7-26(12-15)8-9-29/h2-4,6,10-11,15,29H,5,7-9,12-13H2,1H3/t15-/m1/s1. The van der Waals surface area contributed by atoms with Crippen LogP contribution in [-0.2, 0) is 16.4 Å². The van der Waals surface area contributed by atoms with Gasteiger partial charge in [0.15, 0.2) is 14.9 Å². The van der Waals surface area contributed by atoms with Crippen LogP contribution in [0.15, 0.2) is 41.7 Å². The Hall–Kier alpha value is -2.53. The van der Waals surface area contributed by atoms with Gasteiger partial charge in [-0.3, -0.25) is 14.6 Å². The summed E-state index contributed by atoms with van der Waals surface area (Å²) >= 11 is 6.22. The Morgan fingerprint density at radius 2 is 2.09 bits per heavy atom. The Kier molecular flexibility index (Phi) is 5.40. The van der Waals surface area contributed by atoms with Crippen LogP contribution in [0.3, 0.4) is 0 Å². The molecule has 0 aliphatic carbocycles. The van der Waals surface area contributed by atoms with Crippen molar-refractivity contribution in [1.29, 1.82) is 0 Å². The Bertz CT molecular complexity index is 1410. The van der Waals surface area contributed by atoms with Crippen LogP contribution in [0.1, 0.15) is 18.3 Å². The first-order valence-corrected chi connectivity index (χ1v) is 12.6. The van der Waals surface area contributed by atoms with Gasteiger partial charge in [-0.15, -0.1) is 0 Å². The van der Waals surface area contributed by atoms with Crippen LogP contribution in [0.2, 0.25) is 5.02 Å². The van der Waals surface area contributed by atoms with E-state index in [1.165, 1.54) is 0 Å². The summed E-state index contributed by atoms with van der Waals surface area (Å²) < 4.78 is 28.5. The van der Waals surface area contributed by atoms with Gasteiger partial charge in [0.05, 0.1) is 35.9 Å². The van der Waals surface area contributed by atoms with Gasteiger partial charge in [-0.2, -0.15) is 5.10 Å². The zero-order valence-electron chi connectivity index (χ0n) is 17.5. The molecule has 5 rings (SSSR count). The molecule has 168 valence electrons. The number of pyridine rings is 1. The summed E-state index contributed by atoms with van der Waals surface area (Å²) in [6, 6.07) is 7.50. The van der Waals surface area contributed by atoms with E-state index in [1.807, 2.05) is 18.2 Å². The highest BCUT2D eigenvalue weighted by Crippen LogP contribution is 2.31. The number of nitrogens with zero attached hydrogens (tertiary/aromatic N) is 6. The van der Waals surface area contributed by atoms with E-state index < -0.39 is 9.84 Å². The van der Waals surface area contributed by atoms with Crippen molar-refractivity contribution in [2.45, 2.75) is 24.0 Å². The molecule has 4 heterocycles. The highest BCUT2D eigenvalue weighted by molar-refractivity contribution is 7.90. The van der Waals surface area contributed by atoms with Gasteiger partial charge in [-0.1, -0.05) is 11.6 Å². The molecule has 1 aliphatic heterocycles. The minimum Gasteiger partial charge on any atom is -0.395 e. The summed E-state index contributed by atoms with van der Waals surface area (Å²) in [5, 5.41) is 14.9. The Morgan fingerprint density at radius 1 is 1.25 bits per heavy atom. The first-order valence-electron chi connectivity index (χ1n) is 10.4. The van der Waals surface area contributed by atoms with Gasteiger partial charge < -0.3 is 9.67 Å². The summed E-state index contributed by atoms with van der Waals surface area (Å²) in [6.07, 6.45) is 5.27. The molecule has 0 spiro atoms. The van der Waals surface area contributed by atoms with Crippen molar-refractivity contribution in [2.24, 2.45) is 0 Å². The number of halogens is 1. The molecule has 1 aliphatic rings. The fraction of sp³-hybridized carbons (Fsp3) is 0.381. The Morgan fingerprint density at radius 3 is 2.88 bits per heavy atom. The molecule has 0 bridgehead atoms. The van der Waals surface area contributed by atoms with E-state index in [-0.39, 0.29) is 17.7 Å². The number of fused-ring (bicyclic) bond motifs is 2. The van der Waals surface area contributed by atoms with Crippen molar-refractivity contribution in [1.82, 2.24) is 29.2 Å². The number of aromatic nitrogens is 5. The predicted molar refractivity (Wildman–Crippen MR) is 122 cm³/mol. The van der Waals surface area contributed by atoms with E-state index in [0.717, 1.165) is 42.6 Å². The van der Waals surface area contributed by atoms with E-state index in [4.69, 9.17) is 16.6 Å². The maximum Gasteiger partial charge on any atom is 0.195 e. The lowest BCUT2D eigenvalue weighted by molar-refractivity contribution is 0.217. The van der Waals surface area contributed by atoms with Crippen LogP contribution in [0.5, 0.6) is 0 Å². The number of hydrogen-bond acceptors (Lipinski definition) is 7. The zero-order chi connectivity index (χ0) is 22.5. The number of benzene rings is 1. The number of imidazole rings is 1. The predicted octanol–water partition coefficient (Wildman–Crippen LogP) is 2.13. The normalized spacial score (nSPS) is 17.7. The lowest BCUT2D eigenvalue weighted by Crippen LogP contribution is -2.25. The second-order valence-corrected chi connectivity index (χ2v) is 10.5. The number of hydrogen-bond donors (Lipinski definition) is 1. The van der Waals surface area contributed by atoms with Crippen LogP contribution < -0.4 is 0 Å². The van der Waals surface area contributed by atoms with Crippen molar-refractivity contribution in [3.05, 3.63) is 47.5 Å². The second-order valence-electron chi connectivity index (χ2n) is 8.13. The average Bonchev–Trinajstić information content (AvgIpc) is 3.43. The topological polar surface area (TPSA) is 106 Å². The second kappa shape index (κ2) is 8.11. The number of sulfone groups is 1. The number of β-amino-alcohol motifs (C(OH)–C–C–N with tert-alkyl or cyclic N) is 1.